The lowest BCUT2D eigenvalue weighted by Crippen LogP contribution is -2.71. The van der Waals surface area contributed by atoms with Gasteiger partial charge in [0.1, 0.15) is 17.1 Å². The van der Waals surface area contributed by atoms with Gasteiger partial charge in [0, 0.05) is 30.5 Å². The molecule has 1 saturated heterocycles. The number of carbonyl (C=O) groups excluding carboxylic acids is 3. The summed E-state index contributed by atoms with van der Waals surface area (Å²) in [4.78, 5) is 75.3. The van der Waals surface area contributed by atoms with Crippen molar-refractivity contribution in [1.29, 1.82) is 0 Å². The molecule has 0 aliphatic carbocycles. The monoisotopic (exact) mass is 589 g/mol. The predicted octanol–water partition coefficient (Wildman–Crippen LogP) is 0.723. The number of aliphatic carboxylic acids is 1. The van der Waals surface area contributed by atoms with Crippen LogP contribution >= 0.6 is 23.5 Å². The molecule has 2 aliphatic rings. The van der Waals surface area contributed by atoms with Crippen molar-refractivity contribution in [2.24, 2.45) is 5.92 Å². The Hall–Kier alpha value is -3.85. The molecule has 13 nitrogen and oxygen atoms in total. The van der Waals surface area contributed by atoms with Crippen molar-refractivity contribution in [2.75, 3.05) is 11.5 Å². The molecular formula is C25H27N5O8S2. The van der Waals surface area contributed by atoms with Crippen LogP contribution in [-0.4, -0.2) is 71.4 Å². The molecule has 1 aromatic carbocycles. The number of H-pyrrole nitrogens is 1. The zero-order valence-corrected chi connectivity index (χ0v) is 23.4. The summed E-state index contributed by atoms with van der Waals surface area (Å²) in [6.07, 6.45) is -1.27. The first kappa shape index (κ1) is 29.1. The molecule has 2 amide bonds. The summed E-state index contributed by atoms with van der Waals surface area (Å²) in [6, 6.07) is 7.32. The Balaban J connectivity index is 1.52. The number of carbonyl (C=O) groups is 4. The molecule has 2 aliphatic heterocycles. The van der Waals surface area contributed by atoms with Crippen LogP contribution < -0.4 is 16.4 Å². The van der Waals surface area contributed by atoms with Crippen LogP contribution in [-0.2, 0) is 30.5 Å². The average molecular weight is 590 g/mol. The van der Waals surface area contributed by atoms with E-state index in [1.807, 2.05) is 13.8 Å². The number of esters is 1. The summed E-state index contributed by atoms with van der Waals surface area (Å²) in [5, 5.41) is 18.3. The summed E-state index contributed by atoms with van der Waals surface area (Å²) in [5.41, 5.74) is -0.957. The first-order valence-electron chi connectivity index (χ1n) is 12.2. The second-order valence-electron chi connectivity index (χ2n) is 9.49. The second-order valence-corrected chi connectivity index (χ2v) is 11.5. The maximum absolute atomic E-state index is 13.1. The van der Waals surface area contributed by atoms with Gasteiger partial charge in [-0.05, 0) is 11.5 Å². The molecule has 0 spiro atoms. The van der Waals surface area contributed by atoms with E-state index in [2.05, 4.69) is 15.5 Å². The largest absolute Gasteiger partial charge is 0.477 e. The molecule has 0 saturated carbocycles. The normalized spacial score (nSPS) is 19.1. The number of carboxylic acids is 1. The van der Waals surface area contributed by atoms with Crippen LogP contribution in [0.4, 0.5) is 0 Å². The van der Waals surface area contributed by atoms with E-state index >= 15 is 0 Å². The lowest BCUT2D eigenvalue weighted by atomic mass is 10.0. The number of nitrogens with one attached hydrogen (secondary N) is 2. The van der Waals surface area contributed by atoms with Gasteiger partial charge >= 0.3 is 23.1 Å². The van der Waals surface area contributed by atoms with Crippen LogP contribution in [0.3, 0.4) is 0 Å². The smallest absolute Gasteiger partial charge is 0.352 e. The van der Waals surface area contributed by atoms with Gasteiger partial charge in [-0.15, -0.1) is 16.9 Å². The van der Waals surface area contributed by atoms with Gasteiger partial charge in [0.2, 0.25) is 6.10 Å². The van der Waals surface area contributed by atoms with Gasteiger partial charge < -0.3 is 15.2 Å². The van der Waals surface area contributed by atoms with Crippen molar-refractivity contribution in [1.82, 2.24) is 25.0 Å². The highest BCUT2D eigenvalue weighted by atomic mass is 32.2. The Morgan fingerprint density at radius 2 is 1.93 bits per heavy atom. The minimum absolute atomic E-state index is 0.0497. The van der Waals surface area contributed by atoms with Gasteiger partial charge in [0.25, 0.3) is 11.8 Å². The van der Waals surface area contributed by atoms with Crippen molar-refractivity contribution in [3.8, 4) is 0 Å². The number of fused-ring (bicyclic) bond motifs is 1. The molecule has 3 atom stereocenters. The van der Waals surface area contributed by atoms with E-state index in [1.54, 1.807) is 30.3 Å². The van der Waals surface area contributed by atoms with Crippen LogP contribution in [0.2, 0.25) is 0 Å². The van der Waals surface area contributed by atoms with Crippen LogP contribution in [0.15, 0.2) is 56.3 Å². The highest BCUT2D eigenvalue weighted by Crippen LogP contribution is 2.41. The van der Waals surface area contributed by atoms with Crippen molar-refractivity contribution >= 4 is 47.3 Å². The minimum Gasteiger partial charge on any atom is -0.477 e. The van der Waals surface area contributed by atoms with E-state index in [-0.39, 0.29) is 34.8 Å². The predicted molar refractivity (Wildman–Crippen MR) is 145 cm³/mol. The van der Waals surface area contributed by atoms with E-state index in [4.69, 9.17) is 4.74 Å². The number of amides is 2. The number of hydrogen-bond donors (Lipinski definition) is 3. The van der Waals surface area contributed by atoms with Crippen molar-refractivity contribution in [3.05, 3.63) is 67.9 Å². The summed E-state index contributed by atoms with van der Waals surface area (Å²) in [5.74, 6) is -2.91. The van der Waals surface area contributed by atoms with Crippen LogP contribution in [0.5, 0.6) is 0 Å². The highest BCUT2D eigenvalue weighted by molar-refractivity contribution is 8.01. The van der Waals surface area contributed by atoms with Crippen LogP contribution in [0.25, 0.3) is 0 Å². The molecule has 212 valence electrons. The molecule has 2 aromatic rings. The van der Waals surface area contributed by atoms with E-state index in [0.717, 1.165) is 16.7 Å². The average Bonchev–Trinajstić information content (AvgIpc) is 2.91. The van der Waals surface area contributed by atoms with Gasteiger partial charge in [-0.1, -0.05) is 55.9 Å². The minimum atomic E-state index is -1.31. The van der Waals surface area contributed by atoms with Crippen molar-refractivity contribution < 1.29 is 29.0 Å². The number of ether oxygens (including phenoxy) is 1. The number of rotatable bonds is 10. The van der Waals surface area contributed by atoms with E-state index in [0.29, 0.717) is 11.1 Å². The maximum Gasteiger partial charge on any atom is 0.352 e. The number of benzene rings is 1. The van der Waals surface area contributed by atoms with Crippen molar-refractivity contribution in [2.45, 2.75) is 50.0 Å². The molecule has 40 heavy (non-hydrogen) atoms. The Bertz CT molecular complexity index is 1490. The Labute approximate surface area is 236 Å². The summed E-state index contributed by atoms with van der Waals surface area (Å²) in [6.45, 7) is 5.18. The Morgan fingerprint density at radius 1 is 1.23 bits per heavy atom. The summed E-state index contributed by atoms with van der Waals surface area (Å²) < 4.78 is 6.45. The molecule has 0 bridgehead atoms. The van der Waals surface area contributed by atoms with Gasteiger partial charge in [0.05, 0.1) is 0 Å². The maximum atomic E-state index is 13.1. The lowest BCUT2D eigenvalue weighted by Gasteiger charge is -2.49. The van der Waals surface area contributed by atoms with Gasteiger partial charge in [-0.3, -0.25) is 33.4 Å². The van der Waals surface area contributed by atoms with Crippen molar-refractivity contribution in [3.63, 3.8) is 0 Å². The molecule has 15 heteroatoms. The van der Waals surface area contributed by atoms with Gasteiger partial charge in [0.15, 0.2) is 5.16 Å². The Kier molecular flexibility index (Phi) is 8.83. The quantitative estimate of drug-likeness (QED) is 0.154. The third-order valence-corrected chi connectivity index (χ3v) is 8.42. The third-order valence-electron chi connectivity index (χ3n) is 6.02. The van der Waals surface area contributed by atoms with Crippen LogP contribution in [0.1, 0.15) is 32.4 Å². The molecule has 3 N–H and O–H groups in total. The Morgan fingerprint density at radius 3 is 2.55 bits per heavy atom. The number of carboxylic acid groups (broad SMARTS) is 1. The number of β-lactam (4-membered cyclic amide) rings is 1. The number of thioether (sulfide) groups is 2. The number of nitrogens with zero attached hydrogens (tertiary/aromatic N) is 3. The molecule has 4 rings (SSSR count). The molecule has 1 aromatic heterocycles. The van der Waals surface area contributed by atoms with E-state index in [9.17, 15) is 33.9 Å². The summed E-state index contributed by atoms with van der Waals surface area (Å²) in [7, 11) is 0. The fourth-order valence-electron chi connectivity index (χ4n) is 4.29. The fourth-order valence-corrected chi connectivity index (χ4v) is 6.74. The molecule has 3 heterocycles. The standard InChI is InChI=1S/C25H27N5O8S2/c1-12(2)9-29-22(35)20(33)27-28-25(29)40-11-15-10-39-23-16(21(34)30(23)17(15)24(36)37)26-19(32)18(38-13(3)31)14-7-5-4-6-8-14/h4-8,12,16,18,23H,9-11H2,1-3H3,(H,26,32)(H,27,33)(H,36,37)/t16?,18?,23-/m0/s1. The number of hydrogen-bond acceptors (Lipinski definition) is 10. The van der Waals surface area contributed by atoms with E-state index < -0.39 is 52.4 Å². The molecular weight excluding hydrogens is 562 g/mol. The SMILES string of the molecule is CC(=O)OC(C(=O)NC1C(=O)N2C(C(=O)O)=C(CSc3n[nH]c(=O)c(=O)n3CC(C)C)CS[C@@H]12)c1ccccc1. The number of aromatic amines is 1. The molecule has 2 unspecified atom stereocenters. The van der Waals surface area contributed by atoms with Crippen LogP contribution in [0, 0.1) is 5.92 Å². The van der Waals surface area contributed by atoms with Gasteiger partial charge in [-0.2, -0.15) is 0 Å². The van der Waals surface area contributed by atoms with E-state index in [1.165, 1.54) is 23.3 Å². The third kappa shape index (κ3) is 5.99. The fraction of sp³-hybridized carbons (Fsp3) is 0.400. The lowest BCUT2D eigenvalue weighted by molar-refractivity contribution is -0.157. The van der Waals surface area contributed by atoms with Gasteiger partial charge in [-0.25, -0.2) is 9.89 Å². The number of aromatic nitrogens is 3. The molecule has 0 radical (unpaired) electrons. The highest BCUT2D eigenvalue weighted by Gasteiger charge is 2.54. The zero-order chi connectivity index (χ0) is 29.1. The summed E-state index contributed by atoms with van der Waals surface area (Å²) >= 11 is 2.35. The zero-order valence-electron chi connectivity index (χ0n) is 21.8. The first-order chi connectivity index (χ1) is 19.0. The first-order valence-corrected chi connectivity index (χ1v) is 14.3. The molecule has 1 fully saturated rings. The topological polar surface area (TPSA) is 181 Å². The second kappa shape index (κ2) is 12.1.